The van der Waals surface area contributed by atoms with Gasteiger partial charge in [-0.05, 0) is 71.6 Å². The molecule has 5 nitrogen and oxygen atoms in total. The number of rotatable bonds is 4. The first-order valence-corrected chi connectivity index (χ1v) is 10.0. The molecule has 1 heterocycles. The van der Waals surface area contributed by atoms with Crippen LogP contribution in [-0.4, -0.2) is 46.0 Å². The number of amides is 2. The molecule has 0 aromatic heterocycles. The van der Waals surface area contributed by atoms with Crippen molar-refractivity contribution in [3.8, 4) is 0 Å². The van der Waals surface area contributed by atoms with Gasteiger partial charge in [0.15, 0.2) is 0 Å². The normalized spacial score (nSPS) is 17.7. The first-order valence-electron chi connectivity index (χ1n) is 9.63. The van der Waals surface area contributed by atoms with E-state index in [2.05, 4.69) is 0 Å². The van der Waals surface area contributed by atoms with Crippen molar-refractivity contribution in [3.05, 3.63) is 34.9 Å². The summed E-state index contributed by atoms with van der Waals surface area (Å²) in [6.07, 6.45) is 2.07. The second-order valence-electron chi connectivity index (χ2n) is 8.38. The predicted octanol–water partition coefficient (Wildman–Crippen LogP) is 4.87. The van der Waals surface area contributed by atoms with Crippen LogP contribution in [0.3, 0.4) is 0 Å². The molecule has 1 aromatic rings. The van der Waals surface area contributed by atoms with Crippen LogP contribution in [0.4, 0.5) is 4.79 Å². The number of carbonyl (C=O) groups is 2. The number of likely N-dealkylation sites (tertiary alicyclic amines) is 1. The summed E-state index contributed by atoms with van der Waals surface area (Å²) in [4.78, 5) is 29.4. The second kappa shape index (κ2) is 8.96. The number of piperidine rings is 1. The van der Waals surface area contributed by atoms with E-state index in [1.807, 2.05) is 63.8 Å². The third kappa shape index (κ3) is 6.13. The summed E-state index contributed by atoms with van der Waals surface area (Å²) < 4.78 is 5.53. The average molecular weight is 395 g/mol. The molecule has 1 atom stereocenters. The van der Waals surface area contributed by atoms with E-state index in [9.17, 15) is 9.59 Å². The van der Waals surface area contributed by atoms with Crippen LogP contribution >= 0.6 is 11.6 Å². The fourth-order valence-corrected chi connectivity index (χ4v) is 3.48. The van der Waals surface area contributed by atoms with Crippen molar-refractivity contribution in [3.63, 3.8) is 0 Å². The van der Waals surface area contributed by atoms with Gasteiger partial charge in [0.2, 0.25) is 5.91 Å². The monoisotopic (exact) mass is 394 g/mol. The van der Waals surface area contributed by atoms with Crippen molar-refractivity contribution in [1.29, 1.82) is 0 Å². The molecule has 0 bridgehead atoms. The topological polar surface area (TPSA) is 49.9 Å². The summed E-state index contributed by atoms with van der Waals surface area (Å²) in [5.74, 6) is -0.0319. The SMILES string of the molecule is CC(C)N(Cc1cccc(Cl)c1)C(=O)C1CCCCN1C(=O)OC(C)(C)C. The van der Waals surface area contributed by atoms with Gasteiger partial charge in [-0.25, -0.2) is 4.79 Å². The molecule has 1 aromatic carbocycles. The molecule has 0 spiro atoms. The number of benzene rings is 1. The standard InChI is InChI=1S/C21H31ClN2O3/c1-15(2)24(14-16-9-8-10-17(22)13-16)19(25)18-11-6-7-12-23(18)20(26)27-21(3,4)5/h8-10,13,15,18H,6-7,11-12,14H2,1-5H3. The third-order valence-electron chi connectivity index (χ3n) is 4.56. The first-order chi connectivity index (χ1) is 12.6. The number of hydrogen-bond acceptors (Lipinski definition) is 3. The van der Waals surface area contributed by atoms with Crippen molar-refractivity contribution in [2.24, 2.45) is 0 Å². The molecule has 150 valence electrons. The van der Waals surface area contributed by atoms with Gasteiger partial charge in [0.25, 0.3) is 0 Å². The quantitative estimate of drug-likeness (QED) is 0.732. The Balaban J connectivity index is 2.19. The molecule has 1 unspecified atom stereocenters. The maximum atomic E-state index is 13.4. The Kier molecular flexibility index (Phi) is 7.15. The van der Waals surface area contributed by atoms with Gasteiger partial charge in [0.05, 0.1) is 0 Å². The highest BCUT2D eigenvalue weighted by molar-refractivity contribution is 6.30. The summed E-state index contributed by atoms with van der Waals surface area (Å²) in [6, 6.07) is 7.07. The zero-order chi connectivity index (χ0) is 20.2. The van der Waals surface area contributed by atoms with Gasteiger partial charge in [-0.2, -0.15) is 0 Å². The lowest BCUT2D eigenvalue weighted by atomic mass is 10.0. The lowest BCUT2D eigenvalue weighted by Crippen LogP contribution is -2.55. The molecule has 1 aliphatic rings. The fraction of sp³-hybridized carbons (Fsp3) is 0.619. The van der Waals surface area contributed by atoms with E-state index in [4.69, 9.17) is 16.3 Å². The molecule has 0 saturated carbocycles. The molecule has 1 aliphatic heterocycles. The zero-order valence-corrected chi connectivity index (χ0v) is 17.8. The molecule has 0 N–H and O–H groups in total. The minimum atomic E-state index is -0.583. The van der Waals surface area contributed by atoms with Crippen LogP contribution in [-0.2, 0) is 16.1 Å². The minimum Gasteiger partial charge on any atom is -0.444 e. The smallest absolute Gasteiger partial charge is 0.410 e. The number of nitrogens with zero attached hydrogens (tertiary/aromatic N) is 2. The maximum absolute atomic E-state index is 13.4. The van der Waals surface area contributed by atoms with Gasteiger partial charge in [0, 0.05) is 24.2 Å². The van der Waals surface area contributed by atoms with Gasteiger partial charge in [-0.1, -0.05) is 23.7 Å². The average Bonchev–Trinajstić information content (AvgIpc) is 2.57. The van der Waals surface area contributed by atoms with Crippen LogP contribution in [0, 0.1) is 0 Å². The van der Waals surface area contributed by atoms with Crippen molar-refractivity contribution in [2.75, 3.05) is 6.54 Å². The Hall–Kier alpha value is -1.75. The Labute approximate surface area is 167 Å². The van der Waals surface area contributed by atoms with Crippen molar-refractivity contribution >= 4 is 23.6 Å². The van der Waals surface area contributed by atoms with E-state index >= 15 is 0 Å². The molecule has 27 heavy (non-hydrogen) atoms. The molecule has 0 aliphatic carbocycles. The Morgan fingerprint density at radius 3 is 2.59 bits per heavy atom. The van der Waals surface area contributed by atoms with Crippen LogP contribution in [0.5, 0.6) is 0 Å². The van der Waals surface area contributed by atoms with E-state index < -0.39 is 17.7 Å². The van der Waals surface area contributed by atoms with Crippen molar-refractivity contribution in [2.45, 2.75) is 78.1 Å². The number of hydrogen-bond donors (Lipinski definition) is 0. The number of ether oxygens (including phenoxy) is 1. The van der Waals surface area contributed by atoms with Gasteiger partial charge < -0.3 is 9.64 Å². The summed E-state index contributed by atoms with van der Waals surface area (Å²) >= 11 is 6.09. The molecule has 1 saturated heterocycles. The third-order valence-corrected chi connectivity index (χ3v) is 4.80. The fourth-order valence-electron chi connectivity index (χ4n) is 3.27. The van der Waals surface area contributed by atoms with E-state index in [-0.39, 0.29) is 11.9 Å². The minimum absolute atomic E-state index is 0.0129. The highest BCUT2D eigenvalue weighted by atomic mass is 35.5. The van der Waals surface area contributed by atoms with Crippen LogP contribution in [0.2, 0.25) is 5.02 Å². The van der Waals surface area contributed by atoms with Crippen LogP contribution in [0.1, 0.15) is 59.4 Å². The molecular weight excluding hydrogens is 364 g/mol. The lowest BCUT2D eigenvalue weighted by Gasteiger charge is -2.39. The van der Waals surface area contributed by atoms with Crippen molar-refractivity contribution < 1.29 is 14.3 Å². The zero-order valence-electron chi connectivity index (χ0n) is 17.0. The molecular formula is C21H31ClN2O3. The van der Waals surface area contributed by atoms with E-state index in [1.54, 1.807) is 4.90 Å². The Morgan fingerprint density at radius 1 is 1.30 bits per heavy atom. The van der Waals surface area contributed by atoms with Gasteiger partial charge in [-0.15, -0.1) is 0 Å². The van der Waals surface area contributed by atoms with Crippen LogP contribution < -0.4 is 0 Å². The molecule has 2 rings (SSSR count). The van der Waals surface area contributed by atoms with Crippen molar-refractivity contribution in [1.82, 2.24) is 9.80 Å². The molecule has 6 heteroatoms. The summed E-state index contributed by atoms with van der Waals surface area (Å²) in [5.41, 5.74) is 0.393. The van der Waals surface area contributed by atoms with Crippen LogP contribution in [0.25, 0.3) is 0 Å². The summed E-state index contributed by atoms with van der Waals surface area (Å²) in [7, 11) is 0. The highest BCUT2D eigenvalue weighted by Crippen LogP contribution is 2.24. The Bertz CT molecular complexity index is 670. The summed E-state index contributed by atoms with van der Waals surface area (Å²) in [6.45, 7) is 10.5. The van der Waals surface area contributed by atoms with Gasteiger partial charge >= 0.3 is 6.09 Å². The second-order valence-corrected chi connectivity index (χ2v) is 8.81. The van der Waals surface area contributed by atoms with Gasteiger partial charge in [-0.3, -0.25) is 9.69 Å². The van der Waals surface area contributed by atoms with E-state index in [0.29, 0.717) is 24.5 Å². The number of halogens is 1. The Morgan fingerprint density at radius 2 is 2.00 bits per heavy atom. The highest BCUT2D eigenvalue weighted by Gasteiger charge is 2.37. The van der Waals surface area contributed by atoms with Gasteiger partial charge in [0.1, 0.15) is 11.6 Å². The molecule has 0 radical (unpaired) electrons. The number of carbonyl (C=O) groups excluding carboxylic acids is 2. The molecule has 1 fully saturated rings. The van der Waals surface area contributed by atoms with E-state index in [1.165, 1.54) is 0 Å². The predicted molar refractivity (Wildman–Crippen MR) is 108 cm³/mol. The molecule has 2 amide bonds. The van der Waals surface area contributed by atoms with Crippen LogP contribution in [0.15, 0.2) is 24.3 Å². The maximum Gasteiger partial charge on any atom is 0.410 e. The summed E-state index contributed by atoms with van der Waals surface area (Å²) in [5, 5.41) is 0.650. The largest absolute Gasteiger partial charge is 0.444 e. The lowest BCUT2D eigenvalue weighted by molar-refractivity contribution is -0.140. The van der Waals surface area contributed by atoms with E-state index in [0.717, 1.165) is 18.4 Å². The first kappa shape index (κ1) is 21.5.